The van der Waals surface area contributed by atoms with E-state index in [2.05, 4.69) is 5.32 Å². The van der Waals surface area contributed by atoms with Crippen LogP contribution >= 0.6 is 11.8 Å². The largest absolute Gasteiger partial charge is 0.466 e. The minimum Gasteiger partial charge on any atom is -0.466 e. The zero-order valence-corrected chi connectivity index (χ0v) is 20.3. The Bertz CT molecular complexity index is 894. The predicted molar refractivity (Wildman–Crippen MR) is 126 cm³/mol. The Hall–Kier alpha value is -2.06. The third-order valence-electron chi connectivity index (χ3n) is 7.20. The van der Waals surface area contributed by atoms with Gasteiger partial charge in [0.1, 0.15) is 6.04 Å². The molecule has 8 heteroatoms. The lowest BCUT2D eigenvalue weighted by atomic mass is 9.71. The fourth-order valence-corrected chi connectivity index (χ4v) is 8.19. The molecule has 3 aliphatic rings. The summed E-state index contributed by atoms with van der Waals surface area (Å²) < 4.78 is 4.68. The van der Waals surface area contributed by atoms with Gasteiger partial charge in [0, 0.05) is 11.8 Å². The number of fused-ring (bicyclic) bond motifs is 1. The van der Waals surface area contributed by atoms with Crippen LogP contribution in [0.3, 0.4) is 0 Å². The van der Waals surface area contributed by atoms with Crippen molar-refractivity contribution in [2.75, 3.05) is 13.2 Å². The molecular formula is C25H34N2O5S. The number of aliphatic hydroxyl groups is 1. The average Bonchev–Trinajstić information content (AvgIpc) is 3.44. The van der Waals surface area contributed by atoms with Crippen molar-refractivity contribution in [3.63, 3.8) is 0 Å². The van der Waals surface area contributed by atoms with Crippen LogP contribution in [0.1, 0.15) is 45.6 Å². The average molecular weight is 475 g/mol. The number of aliphatic hydroxyl groups excluding tert-OH is 1. The molecule has 7 nitrogen and oxygen atoms in total. The number of ether oxygens (including phenoxy) is 1. The number of amides is 2. The van der Waals surface area contributed by atoms with E-state index in [1.54, 1.807) is 23.6 Å². The Morgan fingerprint density at radius 3 is 2.67 bits per heavy atom. The number of carbonyl (C=O) groups excluding carboxylic acids is 3. The van der Waals surface area contributed by atoms with E-state index >= 15 is 0 Å². The van der Waals surface area contributed by atoms with Crippen LogP contribution < -0.4 is 5.32 Å². The summed E-state index contributed by atoms with van der Waals surface area (Å²) in [5, 5.41) is 13.3. The molecule has 4 rings (SSSR count). The van der Waals surface area contributed by atoms with Gasteiger partial charge in [-0.3, -0.25) is 14.4 Å². The van der Waals surface area contributed by atoms with E-state index in [0.717, 1.165) is 12.0 Å². The summed E-state index contributed by atoms with van der Waals surface area (Å²) in [5.74, 6) is -1.63. The van der Waals surface area contributed by atoms with Crippen molar-refractivity contribution in [1.29, 1.82) is 0 Å². The van der Waals surface area contributed by atoms with E-state index in [1.165, 1.54) is 0 Å². The molecule has 0 radical (unpaired) electrons. The maximum atomic E-state index is 13.9. The molecule has 3 saturated heterocycles. The number of hydrogen-bond donors (Lipinski definition) is 2. The van der Waals surface area contributed by atoms with E-state index in [0.29, 0.717) is 19.4 Å². The Morgan fingerprint density at radius 1 is 1.30 bits per heavy atom. The van der Waals surface area contributed by atoms with Crippen LogP contribution in [0, 0.1) is 17.8 Å². The quantitative estimate of drug-likeness (QED) is 0.534. The van der Waals surface area contributed by atoms with Crippen molar-refractivity contribution in [3.05, 3.63) is 35.9 Å². The molecule has 3 heterocycles. The maximum Gasteiger partial charge on any atom is 0.310 e. The van der Waals surface area contributed by atoms with Gasteiger partial charge < -0.3 is 20.1 Å². The molecule has 0 saturated carbocycles. The van der Waals surface area contributed by atoms with Crippen molar-refractivity contribution in [2.45, 2.75) is 68.7 Å². The van der Waals surface area contributed by atoms with Crippen LogP contribution in [0.5, 0.6) is 0 Å². The molecule has 2 bridgehead atoms. The number of nitrogens with one attached hydrogen (secondary N) is 1. The first-order chi connectivity index (χ1) is 15.8. The van der Waals surface area contributed by atoms with Gasteiger partial charge >= 0.3 is 5.97 Å². The Balaban J connectivity index is 1.68. The second kappa shape index (κ2) is 9.66. The van der Waals surface area contributed by atoms with Gasteiger partial charge in [0.2, 0.25) is 11.8 Å². The normalized spacial score (nSPS) is 31.1. The lowest BCUT2D eigenvalue weighted by Gasteiger charge is -2.37. The molecule has 1 aromatic rings. The number of esters is 1. The van der Waals surface area contributed by atoms with Gasteiger partial charge in [-0.05, 0) is 37.7 Å². The highest BCUT2D eigenvalue weighted by molar-refractivity contribution is 8.02. The number of carbonyl (C=O) groups is 3. The first-order valence-electron chi connectivity index (χ1n) is 11.9. The summed E-state index contributed by atoms with van der Waals surface area (Å²) in [6.45, 7) is 6.25. The lowest BCUT2D eigenvalue weighted by molar-refractivity contribution is -0.154. The van der Waals surface area contributed by atoms with Crippen LogP contribution in [-0.2, 0) is 25.7 Å². The summed E-state index contributed by atoms with van der Waals surface area (Å²) in [6.07, 6.45) is 2.07. The van der Waals surface area contributed by atoms with Gasteiger partial charge in [-0.15, -0.1) is 11.8 Å². The smallest absolute Gasteiger partial charge is 0.310 e. The molecule has 0 aliphatic carbocycles. The van der Waals surface area contributed by atoms with Crippen molar-refractivity contribution >= 4 is 29.5 Å². The SMILES string of the molecule is CCOC(=O)[C@@H]1[C@@H]2CCC3(S2)C(C(=O)NCc2ccccc2)N([C@@H](CO)CC(C)C)C(=O)[C@H]13. The first-order valence-corrected chi connectivity index (χ1v) is 12.8. The molecule has 1 aromatic carbocycles. The van der Waals surface area contributed by atoms with Gasteiger partial charge in [-0.1, -0.05) is 44.2 Å². The maximum absolute atomic E-state index is 13.9. The summed E-state index contributed by atoms with van der Waals surface area (Å²) >= 11 is 1.62. The number of hydrogen-bond acceptors (Lipinski definition) is 6. The van der Waals surface area contributed by atoms with Crippen molar-refractivity contribution in [1.82, 2.24) is 10.2 Å². The van der Waals surface area contributed by atoms with Crippen LogP contribution in [0.4, 0.5) is 0 Å². The topological polar surface area (TPSA) is 95.9 Å². The van der Waals surface area contributed by atoms with Crippen molar-refractivity contribution in [2.24, 2.45) is 17.8 Å². The van der Waals surface area contributed by atoms with Crippen LogP contribution in [-0.4, -0.2) is 63.1 Å². The molecule has 3 aliphatic heterocycles. The van der Waals surface area contributed by atoms with E-state index < -0.39 is 28.7 Å². The summed E-state index contributed by atoms with van der Waals surface area (Å²) in [7, 11) is 0. The molecular weight excluding hydrogens is 440 g/mol. The van der Waals surface area contributed by atoms with Gasteiger partial charge in [0.05, 0.1) is 35.8 Å². The number of likely N-dealkylation sites (tertiary alicyclic amines) is 1. The monoisotopic (exact) mass is 474 g/mol. The van der Waals surface area contributed by atoms with Gasteiger partial charge in [-0.2, -0.15) is 0 Å². The van der Waals surface area contributed by atoms with Gasteiger partial charge in [0.25, 0.3) is 0 Å². The summed E-state index contributed by atoms with van der Waals surface area (Å²) in [4.78, 5) is 42.1. The fourth-order valence-electron chi connectivity index (χ4n) is 5.99. The number of benzene rings is 1. The second-order valence-electron chi connectivity index (χ2n) is 9.72. The van der Waals surface area contributed by atoms with E-state index in [9.17, 15) is 19.5 Å². The third kappa shape index (κ3) is 4.16. The molecule has 2 unspecified atom stereocenters. The Kier molecular flexibility index (Phi) is 7.05. The molecule has 180 valence electrons. The lowest BCUT2D eigenvalue weighted by Crippen LogP contribution is -2.56. The van der Waals surface area contributed by atoms with E-state index in [1.807, 2.05) is 44.2 Å². The van der Waals surface area contributed by atoms with Crippen LogP contribution in [0.15, 0.2) is 30.3 Å². The third-order valence-corrected chi connectivity index (χ3v) is 9.15. The van der Waals surface area contributed by atoms with Crippen LogP contribution in [0.2, 0.25) is 0 Å². The fraction of sp³-hybridized carbons (Fsp3) is 0.640. The molecule has 0 aromatic heterocycles. The predicted octanol–water partition coefficient (Wildman–Crippen LogP) is 2.36. The summed E-state index contributed by atoms with van der Waals surface area (Å²) in [6, 6.07) is 8.47. The number of thioether (sulfide) groups is 1. The highest BCUT2D eigenvalue weighted by atomic mass is 32.2. The summed E-state index contributed by atoms with van der Waals surface area (Å²) in [5.41, 5.74) is 0.976. The molecule has 3 fully saturated rings. The highest BCUT2D eigenvalue weighted by Gasteiger charge is 2.74. The number of nitrogens with zero attached hydrogens (tertiary/aromatic N) is 1. The molecule has 1 spiro atoms. The van der Waals surface area contributed by atoms with E-state index in [-0.39, 0.29) is 42.2 Å². The van der Waals surface area contributed by atoms with Crippen molar-refractivity contribution in [3.8, 4) is 0 Å². The van der Waals surface area contributed by atoms with E-state index in [4.69, 9.17) is 4.74 Å². The van der Waals surface area contributed by atoms with Crippen LogP contribution in [0.25, 0.3) is 0 Å². The Morgan fingerprint density at radius 2 is 2.03 bits per heavy atom. The second-order valence-corrected chi connectivity index (χ2v) is 11.3. The standard InChI is InChI=1S/C25H34N2O5S/c1-4-32-24(31)19-18-10-11-25(33-18)20(19)23(30)27(17(14-28)12-15(2)3)21(25)22(29)26-13-16-8-6-5-7-9-16/h5-9,15,17-21,28H,4,10-14H2,1-3H3,(H,26,29)/t17-,18+,19-,20+,21?,25?/m1/s1. The zero-order chi connectivity index (χ0) is 23.8. The molecule has 6 atom stereocenters. The first kappa shape index (κ1) is 24.1. The van der Waals surface area contributed by atoms with Crippen molar-refractivity contribution < 1.29 is 24.2 Å². The number of rotatable bonds is 9. The minimum atomic E-state index is -0.718. The van der Waals surface area contributed by atoms with Gasteiger partial charge in [-0.25, -0.2) is 0 Å². The Labute approximate surface area is 199 Å². The molecule has 2 N–H and O–H groups in total. The zero-order valence-electron chi connectivity index (χ0n) is 19.5. The highest BCUT2D eigenvalue weighted by Crippen LogP contribution is 2.66. The molecule has 2 amide bonds. The minimum absolute atomic E-state index is 0.0118. The van der Waals surface area contributed by atoms with Gasteiger partial charge in [0.15, 0.2) is 0 Å². The molecule has 33 heavy (non-hydrogen) atoms.